The van der Waals surface area contributed by atoms with Crippen LogP contribution in [0.1, 0.15) is 18.4 Å². The second-order valence-electron chi connectivity index (χ2n) is 5.62. The van der Waals surface area contributed by atoms with Crippen molar-refractivity contribution in [2.75, 3.05) is 13.1 Å². The smallest absolute Gasteiger partial charge is 0.308 e. The van der Waals surface area contributed by atoms with Crippen molar-refractivity contribution in [3.63, 3.8) is 0 Å². The van der Waals surface area contributed by atoms with Crippen molar-refractivity contribution in [1.29, 1.82) is 0 Å². The van der Waals surface area contributed by atoms with E-state index >= 15 is 0 Å². The van der Waals surface area contributed by atoms with Gasteiger partial charge in [-0.05, 0) is 24.3 Å². The van der Waals surface area contributed by atoms with Crippen LogP contribution in [0.3, 0.4) is 0 Å². The molecular formula is C15H18N2O3S. The number of carbonyl (C=O) groups is 1. The second-order valence-corrected chi connectivity index (χ2v) is 6.56. The predicted molar refractivity (Wildman–Crippen MR) is 80.1 cm³/mol. The van der Waals surface area contributed by atoms with Crippen molar-refractivity contribution in [3.8, 4) is 10.8 Å². The number of nitrogens with zero attached hydrogens (tertiary/aromatic N) is 2. The Morgan fingerprint density at radius 1 is 1.57 bits per heavy atom. The standard InChI is InChI=1S/C15H18N2O3S/c1-9-6-17(7-11(9)15(18)19)8-12-10(2)20-14(16-12)13-4-3-5-21-13/h3-5,9,11H,6-8H2,1-2H3,(H,18,19)/t9-,11-/m1/s1. The van der Waals surface area contributed by atoms with E-state index in [1.54, 1.807) is 11.3 Å². The van der Waals surface area contributed by atoms with Crippen LogP contribution < -0.4 is 0 Å². The van der Waals surface area contributed by atoms with E-state index in [0.29, 0.717) is 19.0 Å². The highest BCUT2D eigenvalue weighted by Gasteiger charge is 2.35. The van der Waals surface area contributed by atoms with Crippen molar-refractivity contribution < 1.29 is 14.3 Å². The lowest BCUT2D eigenvalue weighted by molar-refractivity contribution is -0.142. The van der Waals surface area contributed by atoms with Crippen molar-refractivity contribution in [2.45, 2.75) is 20.4 Å². The summed E-state index contributed by atoms with van der Waals surface area (Å²) >= 11 is 1.60. The molecule has 0 saturated carbocycles. The van der Waals surface area contributed by atoms with Gasteiger partial charge in [0.1, 0.15) is 5.76 Å². The van der Waals surface area contributed by atoms with Gasteiger partial charge in [-0.2, -0.15) is 0 Å². The number of hydrogen-bond donors (Lipinski definition) is 1. The number of aromatic nitrogens is 1. The van der Waals surface area contributed by atoms with Crippen LogP contribution in [-0.4, -0.2) is 34.0 Å². The molecule has 0 spiro atoms. The van der Waals surface area contributed by atoms with Crippen molar-refractivity contribution in [2.24, 2.45) is 11.8 Å². The molecule has 5 nitrogen and oxygen atoms in total. The molecule has 3 heterocycles. The zero-order valence-corrected chi connectivity index (χ0v) is 12.9. The lowest BCUT2D eigenvalue weighted by atomic mass is 9.99. The minimum Gasteiger partial charge on any atom is -0.481 e. The van der Waals surface area contributed by atoms with Crippen LogP contribution >= 0.6 is 11.3 Å². The summed E-state index contributed by atoms with van der Waals surface area (Å²) in [5.74, 6) is 0.644. The van der Waals surface area contributed by atoms with E-state index in [0.717, 1.165) is 22.9 Å². The molecule has 21 heavy (non-hydrogen) atoms. The number of carboxylic acid groups (broad SMARTS) is 1. The maximum atomic E-state index is 11.2. The molecule has 1 aliphatic heterocycles. The quantitative estimate of drug-likeness (QED) is 0.941. The number of rotatable bonds is 4. The van der Waals surface area contributed by atoms with Crippen LogP contribution in [0.2, 0.25) is 0 Å². The number of aryl methyl sites for hydroxylation is 1. The summed E-state index contributed by atoms with van der Waals surface area (Å²) < 4.78 is 5.73. The molecule has 1 fully saturated rings. The van der Waals surface area contributed by atoms with E-state index in [1.165, 1.54) is 0 Å². The van der Waals surface area contributed by atoms with E-state index in [4.69, 9.17) is 4.42 Å². The molecule has 0 radical (unpaired) electrons. The van der Waals surface area contributed by atoms with Crippen LogP contribution in [0.4, 0.5) is 0 Å². The first-order chi connectivity index (χ1) is 10.0. The summed E-state index contributed by atoms with van der Waals surface area (Å²) in [4.78, 5) is 18.9. The third-order valence-electron chi connectivity index (χ3n) is 4.00. The van der Waals surface area contributed by atoms with E-state index in [9.17, 15) is 9.90 Å². The maximum absolute atomic E-state index is 11.2. The zero-order chi connectivity index (χ0) is 15.0. The molecule has 1 saturated heterocycles. The highest BCUT2D eigenvalue weighted by Crippen LogP contribution is 2.28. The minimum absolute atomic E-state index is 0.173. The Labute approximate surface area is 127 Å². The molecule has 1 aliphatic rings. The van der Waals surface area contributed by atoms with Crippen LogP contribution in [0.25, 0.3) is 10.8 Å². The number of thiophene rings is 1. The molecule has 0 bridgehead atoms. The van der Waals surface area contributed by atoms with Crippen molar-refractivity contribution >= 4 is 17.3 Å². The normalized spacial score (nSPS) is 22.8. The summed E-state index contributed by atoms with van der Waals surface area (Å²) in [6.45, 7) is 5.92. The van der Waals surface area contributed by atoms with Gasteiger partial charge in [0, 0.05) is 19.6 Å². The third kappa shape index (κ3) is 2.87. The molecule has 0 unspecified atom stereocenters. The molecule has 3 rings (SSSR count). The zero-order valence-electron chi connectivity index (χ0n) is 12.1. The lowest BCUT2D eigenvalue weighted by Gasteiger charge is -2.13. The van der Waals surface area contributed by atoms with Gasteiger partial charge in [0.05, 0.1) is 16.5 Å². The highest BCUT2D eigenvalue weighted by atomic mass is 32.1. The maximum Gasteiger partial charge on any atom is 0.308 e. The SMILES string of the molecule is Cc1oc(-c2cccs2)nc1CN1C[C@@H](C)[C@H](C(=O)O)C1. The Kier molecular flexibility index (Phi) is 3.82. The van der Waals surface area contributed by atoms with Gasteiger partial charge in [0.25, 0.3) is 0 Å². The van der Waals surface area contributed by atoms with Gasteiger partial charge in [0.2, 0.25) is 5.89 Å². The largest absolute Gasteiger partial charge is 0.481 e. The Hall–Kier alpha value is -1.66. The molecule has 112 valence electrons. The van der Waals surface area contributed by atoms with Gasteiger partial charge in [0.15, 0.2) is 0 Å². The monoisotopic (exact) mass is 306 g/mol. The predicted octanol–water partition coefficient (Wildman–Crippen LogP) is 2.86. The summed E-state index contributed by atoms with van der Waals surface area (Å²) in [5, 5.41) is 11.2. The van der Waals surface area contributed by atoms with E-state index < -0.39 is 5.97 Å². The van der Waals surface area contributed by atoms with Crippen LogP contribution in [0.15, 0.2) is 21.9 Å². The fourth-order valence-corrected chi connectivity index (χ4v) is 3.46. The van der Waals surface area contributed by atoms with Gasteiger partial charge >= 0.3 is 5.97 Å². The van der Waals surface area contributed by atoms with E-state index in [1.807, 2.05) is 31.4 Å². The molecule has 2 aromatic heterocycles. The van der Waals surface area contributed by atoms with Crippen LogP contribution in [0, 0.1) is 18.8 Å². The molecule has 0 aliphatic carbocycles. The number of likely N-dealkylation sites (tertiary alicyclic amines) is 1. The first-order valence-electron chi connectivity index (χ1n) is 7.00. The number of carboxylic acids is 1. The van der Waals surface area contributed by atoms with Crippen LogP contribution in [0.5, 0.6) is 0 Å². The summed E-state index contributed by atoms with van der Waals surface area (Å²) in [7, 11) is 0. The summed E-state index contributed by atoms with van der Waals surface area (Å²) in [6, 6.07) is 3.96. The molecule has 0 aromatic carbocycles. The van der Waals surface area contributed by atoms with Gasteiger partial charge in [-0.25, -0.2) is 4.98 Å². The Balaban J connectivity index is 1.73. The highest BCUT2D eigenvalue weighted by molar-refractivity contribution is 7.13. The number of hydrogen-bond acceptors (Lipinski definition) is 5. The Bertz CT molecular complexity index is 635. The van der Waals surface area contributed by atoms with Gasteiger partial charge in [-0.15, -0.1) is 11.3 Å². The van der Waals surface area contributed by atoms with Gasteiger partial charge < -0.3 is 9.52 Å². The molecule has 2 atom stereocenters. The fraction of sp³-hybridized carbons (Fsp3) is 0.467. The molecule has 1 N–H and O–H groups in total. The summed E-state index contributed by atoms with van der Waals surface area (Å²) in [6.07, 6.45) is 0. The topological polar surface area (TPSA) is 66.6 Å². The number of aliphatic carboxylic acids is 1. The lowest BCUT2D eigenvalue weighted by Crippen LogP contribution is -2.23. The molecular weight excluding hydrogens is 288 g/mol. The first-order valence-corrected chi connectivity index (χ1v) is 7.88. The number of oxazole rings is 1. The Morgan fingerprint density at radius 2 is 2.38 bits per heavy atom. The average Bonchev–Trinajstić information content (AvgIpc) is 3.11. The third-order valence-corrected chi connectivity index (χ3v) is 4.86. The Morgan fingerprint density at radius 3 is 3.00 bits per heavy atom. The van der Waals surface area contributed by atoms with E-state index in [2.05, 4.69) is 9.88 Å². The molecule has 2 aromatic rings. The van der Waals surface area contributed by atoms with Crippen LogP contribution in [-0.2, 0) is 11.3 Å². The van der Waals surface area contributed by atoms with Crippen molar-refractivity contribution in [1.82, 2.24) is 9.88 Å². The second kappa shape index (κ2) is 5.61. The van der Waals surface area contributed by atoms with Crippen molar-refractivity contribution in [3.05, 3.63) is 29.0 Å². The summed E-state index contributed by atoms with van der Waals surface area (Å²) in [5.41, 5.74) is 0.900. The average molecular weight is 306 g/mol. The van der Waals surface area contributed by atoms with Gasteiger partial charge in [-0.3, -0.25) is 9.69 Å². The minimum atomic E-state index is -0.707. The van der Waals surface area contributed by atoms with E-state index in [-0.39, 0.29) is 11.8 Å². The first kappa shape index (κ1) is 14.3. The molecule has 6 heteroatoms. The fourth-order valence-electron chi connectivity index (χ4n) is 2.81. The molecule has 0 amide bonds. The van der Waals surface area contributed by atoms with Gasteiger partial charge in [-0.1, -0.05) is 13.0 Å².